The predicted molar refractivity (Wildman–Crippen MR) is 91.2 cm³/mol. The first-order valence-corrected chi connectivity index (χ1v) is 7.92. The Morgan fingerprint density at radius 1 is 1.39 bits per heavy atom. The molecule has 0 aliphatic rings. The summed E-state index contributed by atoms with van der Waals surface area (Å²) in [6.45, 7) is 3.95. The van der Waals surface area contributed by atoms with Crippen molar-refractivity contribution in [2.24, 2.45) is 0 Å². The Morgan fingerprint density at radius 2 is 2.17 bits per heavy atom. The largest absolute Gasteiger partial charge is 0.496 e. The zero-order valence-corrected chi connectivity index (χ0v) is 13.8. The number of hydrogen-bond donors (Lipinski definition) is 1. The number of carboxylic acid groups (broad SMARTS) is 1. The normalized spacial score (nSPS) is 11.4. The summed E-state index contributed by atoms with van der Waals surface area (Å²) in [6, 6.07) is 5.83. The van der Waals surface area contributed by atoms with Crippen molar-refractivity contribution in [3.63, 3.8) is 0 Å². The molecule has 5 nitrogen and oxygen atoms in total. The highest BCUT2D eigenvalue weighted by atomic mass is 32.1. The highest BCUT2D eigenvalue weighted by molar-refractivity contribution is 7.15. The van der Waals surface area contributed by atoms with Crippen LogP contribution in [0.15, 0.2) is 29.7 Å². The van der Waals surface area contributed by atoms with Crippen molar-refractivity contribution < 1.29 is 14.6 Å². The monoisotopic (exact) mass is 328 g/mol. The average molecular weight is 328 g/mol. The van der Waals surface area contributed by atoms with Gasteiger partial charge in [0.2, 0.25) is 0 Å². The van der Waals surface area contributed by atoms with Gasteiger partial charge >= 0.3 is 5.97 Å². The Kier molecular flexibility index (Phi) is 3.92. The quantitative estimate of drug-likeness (QED) is 0.740. The molecular formula is C17H16N2O3S. The minimum Gasteiger partial charge on any atom is -0.496 e. The molecule has 2 aromatic heterocycles. The zero-order valence-electron chi connectivity index (χ0n) is 13.0. The van der Waals surface area contributed by atoms with Crippen LogP contribution in [0.2, 0.25) is 0 Å². The van der Waals surface area contributed by atoms with Crippen molar-refractivity contribution in [3.05, 3.63) is 46.6 Å². The molecule has 2 heterocycles. The molecule has 23 heavy (non-hydrogen) atoms. The van der Waals surface area contributed by atoms with Gasteiger partial charge in [-0.25, -0.2) is 9.78 Å². The second-order valence-corrected chi connectivity index (χ2v) is 6.03. The third-order valence-electron chi connectivity index (χ3n) is 3.62. The average Bonchev–Trinajstić information content (AvgIpc) is 3.05. The van der Waals surface area contributed by atoms with Crippen LogP contribution in [0, 0.1) is 13.8 Å². The van der Waals surface area contributed by atoms with Crippen molar-refractivity contribution in [2.75, 3.05) is 7.11 Å². The molecule has 1 aromatic carbocycles. The number of rotatable bonds is 4. The molecule has 3 aromatic rings. The molecule has 0 saturated carbocycles. The number of aromatic nitrogens is 2. The van der Waals surface area contributed by atoms with Gasteiger partial charge < -0.3 is 9.84 Å². The second-order valence-electron chi connectivity index (χ2n) is 5.20. The van der Waals surface area contributed by atoms with Crippen molar-refractivity contribution in [1.29, 1.82) is 0 Å². The van der Waals surface area contributed by atoms with E-state index in [1.165, 1.54) is 11.3 Å². The molecule has 0 aliphatic heterocycles. The molecule has 0 spiro atoms. The van der Waals surface area contributed by atoms with E-state index in [9.17, 15) is 4.79 Å². The van der Waals surface area contributed by atoms with E-state index in [1.807, 2.05) is 41.8 Å². The van der Waals surface area contributed by atoms with Crippen molar-refractivity contribution in [3.8, 4) is 17.0 Å². The van der Waals surface area contributed by atoms with Crippen LogP contribution in [0.25, 0.3) is 22.3 Å². The summed E-state index contributed by atoms with van der Waals surface area (Å²) in [5, 5.41) is 11.0. The maximum absolute atomic E-state index is 10.9. The van der Waals surface area contributed by atoms with Crippen LogP contribution in [-0.2, 0) is 4.79 Å². The first-order chi connectivity index (χ1) is 11.0. The minimum absolute atomic E-state index is 0.767. The van der Waals surface area contributed by atoms with Crippen molar-refractivity contribution in [1.82, 2.24) is 9.38 Å². The van der Waals surface area contributed by atoms with Gasteiger partial charge in [-0.2, -0.15) is 0 Å². The summed E-state index contributed by atoms with van der Waals surface area (Å²) in [5.41, 5.74) is 4.50. The summed E-state index contributed by atoms with van der Waals surface area (Å²) in [6.07, 6.45) is 2.73. The lowest BCUT2D eigenvalue weighted by atomic mass is 10.1. The fourth-order valence-electron chi connectivity index (χ4n) is 2.56. The molecular weight excluding hydrogens is 312 g/mol. The maximum atomic E-state index is 10.9. The number of thiazole rings is 1. The number of aliphatic carboxylic acids is 1. The molecule has 118 valence electrons. The van der Waals surface area contributed by atoms with E-state index >= 15 is 0 Å². The lowest BCUT2D eigenvalue weighted by Gasteiger charge is -2.07. The number of carboxylic acids is 1. The first kappa shape index (κ1) is 15.3. The summed E-state index contributed by atoms with van der Waals surface area (Å²) in [4.78, 5) is 16.4. The number of nitrogens with zero attached hydrogens (tertiary/aromatic N) is 2. The molecule has 0 bridgehead atoms. The van der Waals surface area contributed by atoms with Gasteiger partial charge in [0.15, 0.2) is 4.96 Å². The molecule has 6 heteroatoms. The van der Waals surface area contributed by atoms with Gasteiger partial charge in [0.25, 0.3) is 0 Å². The molecule has 0 unspecified atom stereocenters. The Balaban J connectivity index is 2.22. The van der Waals surface area contributed by atoms with Crippen LogP contribution >= 0.6 is 11.3 Å². The van der Waals surface area contributed by atoms with Crippen LogP contribution in [0.4, 0.5) is 0 Å². The molecule has 0 saturated heterocycles. The van der Waals surface area contributed by atoms with Crippen LogP contribution in [0.5, 0.6) is 5.75 Å². The van der Waals surface area contributed by atoms with Gasteiger partial charge in [-0.1, -0.05) is 0 Å². The Hall–Kier alpha value is -2.60. The smallest absolute Gasteiger partial charge is 0.328 e. The first-order valence-electron chi connectivity index (χ1n) is 7.04. The Labute approximate surface area is 137 Å². The predicted octanol–water partition coefficient (Wildman–Crippen LogP) is 3.79. The van der Waals surface area contributed by atoms with Gasteiger partial charge in [-0.3, -0.25) is 4.40 Å². The van der Waals surface area contributed by atoms with E-state index in [0.717, 1.165) is 45.0 Å². The SMILES string of the molecule is COc1ccc(-c2nc3scc(C)n3c2C=CC(=O)O)cc1C. The molecule has 0 fully saturated rings. The lowest BCUT2D eigenvalue weighted by molar-refractivity contribution is -0.131. The molecule has 0 radical (unpaired) electrons. The van der Waals surface area contributed by atoms with Crippen LogP contribution in [0.1, 0.15) is 17.0 Å². The Morgan fingerprint density at radius 3 is 2.83 bits per heavy atom. The molecule has 0 atom stereocenters. The fraction of sp³-hybridized carbons (Fsp3) is 0.176. The van der Waals surface area contributed by atoms with E-state index in [2.05, 4.69) is 4.98 Å². The van der Waals surface area contributed by atoms with Crippen molar-refractivity contribution in [2.45, 2.75) is 13.8 Å². The van der Waals surface area contributed by atoms with Crippen LogP contribution in [0.3, 0.4) is 0 Å². The molecule has 3 rings (SSSR count). The summed E-state index contributed by atoms with van der Waals surface area (Å²) in [5.74, 6) is -0.168. The maximum Gasteiger partial charge on any atom is 0.328 e. The van der Waals surface area contributed by atoms with E-state index in [0.29, 0.717) is 0 Å². The van der Waals surface area contributed by atoms with Gasteiger partial charge in [-0.05, 0) is 43.7 Å². The second kappa shape index (κ2) is 5.89. The number of fused-ring (bicyclic) bond motifs is 1. The van der Waals surface area contributed by atoms with Crippen molar-refractivity contribution >= 4 is 28.3 Å². The number of aryl methyl sites for hydroxylation is 2. The van der Waals surface area contributed by atoms with Gasteiger partial charge in [0.05, 0.1) is 18.5 Å². The van der Waals surface area contributed by atoms with E-state index in [1.54, 1.807) is 13.2 Å². The summed E-state index contributed by atoms with van der Waals surface area (Å²) < 4.78 is 7.26. The van der Waals surface area contributed by atoms with Crippen LogP contribution in [-0.4, -0.2) is 27.6 Å². The molecule has 1 N–H and O–H groups in total. The number of imidazole rings is 1. The summed E-state index contributed by atoms with van der Waals surface area (Å²) in [7, 11) is 1.64. The fourth-order valence-corrected chi connectivity index (χ4v) is 3.44. The van der Waals surface area contributed by atoms with Gasteiger partial charge in [0.1, 0.15) is 5.75 Å². The number of carbonyl (C=O) groups is 1. The van der Waals surface area contributed by atoms with E-state index < -0.39 is 5.97 Å². The minimum atomic E-state index is -0.982. The standard InChI is InChI=1S/C17H16N2O3S/c1-10-8-12(4-6-14(10)22-3)16-13(5-7-15(20)21)19-11(2)9-23-17(19)18-16/h4-9H,1-3H3,(H,20,21). The third-order valence-corrected chi connectivity index (χ3v) is 4.57. The summed E-state index contributed by atoms with van der Waals surface area (Å²) >= 11 is 1.54. The number of benzene rings is 1. The van der Waals surface area contributed by atoms with E-state index in [4.69, 9.17) is 9.84 Å². The lowest BCUT2D eigenvalue weighted by Crippen LogP contribution is -1.93. The number of hydrogen-bond acceptors (Lipinski definition) is 4. The van der Waals surface area contributed by atoms with Gasteiger partial charge in [0, 0.05) is 22.7 Å². The Bertz CT molecular complexity index is 921. The number of ether oxygens (including phenoxy) is 1. The van der Waals surface area contributed by atoms with Gasteiger partial charge in [-0.15, -0.1) is 11.3 Å². The molecule has 0 aliphatic carbocycles. The highest BCUT2D eigenvalue weighted by Gasteiger charge is 2.16. The van der Waals surface area contributed by atoms with Crippen LogP contribution < -0.4 is 4.74 Å². The topological polar surface area (TPSA) is 63.8 Å². The number of methoxy groups -OCH3 is 1. The highest BCUT2D eigenvalue weighted by Crippen LogP contribution is 2.31. The molecule has 0 amide bonds. The third kappa shape index (κ3) is 2.73. The van der Waals surface area contributed by atoms with E-state index in [-0.39, 0.29) is 0 Å². The zero-order chi connectivity index (χ0) is 16.6.